The van der Waals surface area contributed by atoms with Crippen molar-refractivity contribution in [2.24, 2.45) is 12.5 Å². The number of amides is 1. The molecule has 0 radical (unpaired) electrons. The van der Waals surface area contributed by atoms with E-state index in [1.54, 1.807) is 45.4 Å². The van der Waals surface area contributed by atoms with Gasteiger partial charge in [-0.25, -0.2) is 4.79 Å². The van der Waals surface area contributed by atoms with Crippen LogP contribution in [0.25, 0.3) is 0 Å². The lowest BCUT2D eigenvalue weighted by Gasteiger charge is -2.33. The maximum Gasteiger partial charge on any atom is 0.355 e. The summed E-state index contributed by atoms with van der Waals surface area (Å²) >= 11 is 0. The molecule has 1 rings (SSSR count). The van der Waals surface area contributed by atoms with E-state index in [0.717, 1.165) is 0 Å². The number of hydrogen-bond donors (Lipinski definition) is 0. The first-order chi connectivity index (χ1) is 12.4. The number of hydrogen-bond acceptors (Lipinski definition) is 4. The highest BCUT2D eigenvalue weighted by atomic mass is 16.5. The van der Waals surface area contributed by atoms with Gasteiger partial charge in [-0.1, -0.05) is 26.8 Å². The molecule has 0 aliphatic carbocycles. The quantitative estimate of drug-likeness (QED) is 0.415. The van der Waals surface area contributed by atoms with Crippen LogP contribution in [0.5, 0.6) is 0 Å². The molecule has 0 aliphatic rings. The van der Waals surface area contributed by atoms with Gasteiger partial charge in [-0.2, -0.15) is 0 Å². The molecule has 0 fully saturated rings. The molecule has 6 heteroatoms. The topological polar surface area (TPSA) is 68.6 Å². The van der Waals surface area contributed by atoms with Crippen molar-refractivity contribution in [2.45, 2.75) is 54.5 Å². The minimum Gasteiger partial charge on any atom is -0.461 e. The first kappa shape index (κ1) is 22.7. The summed E-state index contributed by atoms with van der Waals surface area (Å²) in [5.41, 5.74) is 1.46. The normalized spacial score (nSPS) is 12.4. The first-order valence-electron chi connectivity index (χ1n) is 9.19. The Bertz CT molecular complexity index is 753. The summed E-state index contributed by atoms with van der Waals surface area (Å²) in [6.07, 6.45) is 1.61. The second-order valence-electron chi connectivity index (χ2n) is 7.75. The van der Waals surface area contributed by atoms with Crippen LogP contribution < -0.4 is 0 Å². The number of esters is 1. The molecular formula is C21H32N2O4. The van der Waals surface area contributed by atoms with Crippen molar-refractivity contribution in [1.82, 2.24) is 9.47 Å². The Hall–Kier alpha value is -2.37. The fourth-order valence-electron chi connectivity index (χ4n) is 3.17. The fourth-order valence-corrected chi connectivity index (χ4v) is 3.17. The van der Waals surface area contributed by atoms with E-state index < -0.39 is 17.4 Å². The monoisotopic (exact) mass is 376 g/mol. The Balaban J connectivity index is 3.39. The minimum absolute atomic E-state index is 0.125. The van der Waals surface area contributed by atoms with E-state index in [-0.39, 0.29) is 24.8 Å². The highest BCUT2D eigenvalue weighted by Crippen LogP contribution is 2.26. The van der Waals surface area contributed by atoms with Crippen LogP contribution >= 0.6 is 0 Å². The van der Waals surface area contributed by atoms with Gasteiger partial charge in [0.05, 0.1) is 12.6 Å². The lowest BCUT2D eigenvalue weighted by molar-refractivity contribution is -0.140. The largest absolute Gasteiger partial charge is 0.461 e. The molecule has 0 aromatic carbocycles. The molecular weight excluding hydrogens is 344 g/mol. The van der Waals surface area contributed by atoms with E-state index in [4.69, 9.17) is 4.74 Å². The molecule has 1 amide bonds. The maximum absolute atomic E-state index is 13.3. The number of nitrogens with zero attached hydrogens (tertiary/aromatic N) is 2. The predicted octanol–water partition coefficient (Wildman–Crippen LogP) is 3.45. The van der Waals surface area contributed by atoms with Gasteiger partial charge < -0.3 is 14.2 Å². The van der Waals surface area contributed by atoms with Crippen LogP contribution in [0.3, 0.4) is 0 Å². The Morgan fingerprint density at radius 3 is 2.26 bits per heavy atom. The number of aromatic nitrogens is 1. The van der Waals surface area contributed by atoms with E-state index in [0.29, 0.717) is 22.5 Å². The molecule has 0 bridgehead atoms. The molecule has 1 aromatic heterocycles. The summed E-state index contributed by atoms with van der Waals surface area (Å²) in [4.78, 5) is 39.9. The third kappa shape index (κ3) is 4.49. The Kier molecular flexibility index (Phi) is 7.18. The molecule has 27 heavy (non-hydrogen) atoms. The van der Waals surface area contributed by atoms with Crippen LogP contribution in [0.4, 0.5) is 0 Å². The first-order valence-corrected chi connectivity index (χ1v) is 9.19. The van der Waals surface area contributed by atoms with Gasteiger partial charge >= 0.3 is 5.97 Å². The van der Waals surface area contributed by atoms with Crippen molar-refractivity contribution in [3.63, 3.8) is 0 Å². The van der Waals surface area contributed by atoms with Gasteiger partial charge in [0.15, 0.2) is 5.78 Å². The summed E-state index contributed by atoms with van der Waals surface area (Å²) in [6, 6.07) is -0.676. The molecule has 0 saturated heterocycles. The second-order valence-corrected chi connectivity index (χ2v) is 7.75. The van der Waals surface area contributed by atoms with Gasteiger partial charge in [0.2, 0.25) is 5.91 Å². The standard InChI is InChI=1S/C21H32N2O4/c1-10-12-23(20(26)21(6,7)8)15(5)18(24)16-13(3)17(19(25)27-11-2)22(9)14(16)4/h10,15H,1,11-12H2,2-9H3. The van der Waals surface area contributed by atoms with Crippen LogP contribution in [0.1, 0.15) is 66.7 Å². The summed E-state index contributed by atoms with van der Waals surface area (Å²) in [7, 11) is 1.73. The number of carbonyl (C=O) groups excluding carboxylic acids is 3. The van der Waals surface area contributed by atoms with Crippen molar-refractivity contribution in [1.29, 1.82) is 0 Å². The molecule has 1 heterocycles. The molecule has 0 aliphatic heterocycles. The zero-order chi connectivity index (χ0) is 21.1. The van der Waals surface area contributed by atoms with Gasteiger partial charge in [0.25, 0.3) is 0 Å². The molecule has 0 saturated carbocycles. The van der Waals surface area contributed by atoms with E-state index >= 15 is 0 Å². The predicted molar refractivity (Wildman–Crippen MR) is 106 cm³/mol. The second kappa shape index (κ2) is 8.55. The Morgan fingerprint density at radius 2 is 1.81 bits per heavy atom. The highest BCUT2D eigenvalue weighted by Gasteiger charge is 2.35. The van der Waals surface area contributed by atoms with Crippen LogP contribution in [-0.4, -0.2) is 46.3 Å². The van der Waals surface area contributed by atoms with Gasteiger partial charge in [-0.15, -0.1) is 6.58 Å². The van der Waals surface area contributed by atoms with Crippen LogP contribution in [-0.2, 0) is 16.6 Å². The smallest absolute Gasteiger partial charge is 0.355 e. The van der Waals surface area contributed by atoms with E-state index in [1.165, 1.54) is 4.90 Å². The summed E-state index contributed by atoms with van der Waals surface area (Å²) < 4.78 is 6.80. The SMILES string of the molecule is C=CCN(C(=O)C(C)(C)C)C(C)C(=O)c1c(C)c(C(=O)OCC)n(C)c1C. The average Bonchev–Trinajstić information content (AvgIpc) is 2.79. The van der Waals surface area contributed by atoms with E-state index in [2.05, 4.69) is 6.58 Å². The van der Waals surface area contributed by atoms with Gasteiger partial charge in [-0.05, 0) is 33.3 Å². The molecule has 6 nitrogen and oxygen atoms in total. The zero-order valence-corrected chi connectivity index (χ0v) is 17.8. The molecule has 1 unspecified atom stereocenters. The molecule has 1 atom stereocenters. The number of ether oxygens (including phenoxy) is 1. The number of rotatable bonds is 7. The lowest BCUT2D eigenvalue weighted by atomic mass is 9.92. The van der Waals surface area contributed by atoms with Crippen LogP contribution in [0.15, 0.2) is 12.7 Å². The number of ketones is 1. The molecule has 0 N–H and O–H groups in total. The zero-order valence-electron chi connectivity index (χ0n) is 17.8. The fraction of sp³-hybridized carbons (Fsp3) is 0.571. The van der Waals surface area contributed by atoms with Crippen LogP contribution in [0, 0.1) is 19.3 Å². The van der Waals surface area contributed by atoms with Gasteiger partial charge in [-0.3, -0.25) is 9.59 Å². The number of carbonyl (C=O) groups is 3. The van der Waals surface area contributed by atoms with Crippen LogP contribution in [0.2, 0.25) is 0 Å². The lowest BCUT2D eigenvalue weighted by Crippen LogP contribution is -2.48. The molecule has 1 aromatic rings. The Labute approximate surface area is 162 Å². The molecule has 150 valence electrons. The summed E-state index contributed by atoms with van der Waals surface area (Å²) in [5.74, 6) is -0.781. The third-order valence-corrected chi connectivity index (χ3v) is 4.72. The van der Waals surface area contributed by atoms with Crippen molar-refractivity contribution in [3.8, 4) is 0 Å². The average molecular weight is 376 g/mol. The Morgan fingerprint density at radius 1 is 1.26 bits per heavy atom. The third-order valence-electron chi connectivity index (χ3n) is 4.72. The van der Waals surface area contributed by atoms with Crippen molar-refractivity contribution < 1.29 is 19.1 Å². The van der Waals surface area contributed by atoms with Crippen molar-refractivity contribution in [2.75, 3.05) is 13.2 Å². The van der Waals surface area contributed by atoms with Gasteiger partial charge in [0.1, 0.15) is 5.69 Å². The van der Waals surface area contributed by atoms with Gasteiger partial charge in [0, 0.05) is 30.3 Å². The number of Topliss-reactive ketones (excluding diaryl/α,β-unsaturated/α-hetero) is 1. The minimum atomic E-state index is -0.676. The van der Waals surface area contributed by atoms with Crippen molar-refractivity contribution in [3.05, 3.63) is 35.2 Å². The van der Waals surface area contributed by atoms with E-state index in [9.17, 15) is 14.4 Å². The summed E-state index contributed by atoms with van der Waals surface area (Å²) in [6.45, 7) is 16.7. The van der Waals surface area contributed by atoms with Crippen molar-refractivity contribution >= 4 is 17.7 Å². The van der Waals surface area contributed by atoms with E-state index in [1.807, 2.05) is 20.8 Å². The highest BCUT2D eigenvalue weighted by molar-refractivity contribution is 6.06. The maximum atomic E-state index is 13.3. The molecule has 0 spiro atoms. The summed E-state index contributed by atoms with van der Waals surface area (Å²) in [5, 5.41) is 0.